The Morgan fingerprint density at radius 2 is 1.63 bits per heavy atom. The molecule has 3 aliphatic rings. The number of benzene rings is 3. The Morgan fingerprint density at radius 3 is 2.30 bits per heavy atom. The molecule has 0 aliphatic carbocycles. The van der Waals surface area contributed by atoms with Crippen molar-refractivity contribution in [1.29, 1.82) is 0 Å². The molecule has 5 heterocycles. The van der Waals surface area contributed by atoms with E-state index in [1.165, 1.54) is 64.8 Å². The number of esters is 1. The van der Waals surface area contributed by atoms with Crippen LogP contribution < -0.4 is 31.1 Å². The fraction of sp³-hybridized carbons (Fsp3) is 0.279. The minimum atomic E-state index is -4.23. The number of thioether (sulfide) groups is 1. The summed E-state index contributed by atoms with van der Waals surface area (Å²) in [5, 5.41) is 39.6. The van der Waals surface area contributed by atoms with Gasteiger partial charge in [-0.1, -0.05) is 6.07 Å². The molecule has 0 radical (unpaired) electrons. The minimum absolute atomic E-state index is 0.0415. The van der Waals surface area contributed by atoms with E-state index in [4.69, 9.17) is 36.3 Å². The van der Waals surface area contributed by atoms with Gasteiger partial charge in [0, 0.05) is 60.2 Å². The molecule has 8 N–H and O–H groups in total. The van der Waals surface area contributed by atoms with Gasteiger partial charge in [-0.2, -0.15) is 0 Å². The van der Waals surface area contributed by atoms with Crippen molar-refractivity contribution in [2.24, 2.45) is 5.14 Å². The van der Waals surface area contributed by atoms with Crippen LogP contribution in [0, 0.1) is 0 Å². The van der Waals surface area contributed by atoms with Crippen molar-refractivity contribution in [3.63, 3.8) is 0 Å². The fourth-order valence-electron chi connectivity index (χ4n) is 7.94. The molecule has 1 fully saturated rings. The molecule has 1 spiro atoms. The lowest BCUT2D eigenvalue weighted by Gasteiger charge is -2.36. The molecular weight excluding hydrogens is 949 g/mol. The van der Waals surface area contributed by atoms with Crippen LogP contribution in [0.4, 0.5) is 5.69 Å². The van der Waals surface area contributed by atoms with Crippen molar-refractivity contribution >= 4 is 79.8 Å². The quantitative estimate of drug-likeness (QED) is 0.0324. The number of anilines is 1. The van der Waals surface area contributed by atoms with Crippen LogP contribution in [0.3, 0.4) is 0 Å². The van der Waals surface area contributed by atoms with Gasteiger partial charge in [-0.3, -0.25) is 19.4 Å². The van der Waals surface area contributed by atoms with E-state index in [0.29, 0.717) is 39.5 Å². The fourth-order valence-corrected chi connectivity index (χ4v) is 10.3. The van der Waals surface area contributed by atoms with E-state index in [0.717, 1.165) is 11.3 Å². The number of aromatic nitrogens is 2. The Kier molecular flexibility index (Phi) is 13.9. The molecule has 3 aromatic carbocycles. The lowest BCUT2D eigenvalue weighted by atomic mass is 9.77. The number of nitrogens with one attached hydrogen (secondary N) is 4. The second-order valence-corrected chi connectivity index (χ2v) is 19.1. The van der Waals surface area contributed by atoms with E-state index < -0.39 is 51.4 Å². The lowest BCUT2D eigenvalue weighted by Crippen LogP contribution is -2.47. The normalized spacial score (nSPS) is 16.6. The van der Waals surface area contributed by atoms with Crippen molar-refractivity contribution in [2.45, 2.75) is 33.3 Å². The van der Waals surface area contributed by atoms with E-state index in [2.05, 4.69) is 31.2 Å². The largest absolute Gasteiger partial charge is 0.508 e. The number of fused-ring (bicyclic) bond motifs is 6. The number of likely N-dealkylation sites (tertiary alicyclic amines) is 1. The Labute approximate surface area is 396 Å². The monoisotopic (exact) mass is 990 g/mol. The van der Waals surface area contributed by atoms with Crippen LogP contribution in [0.2, 0.25) is 0 Å². The molecule has 3 aliphatic heterocycles. The van der Waals surface area contributed by atoms with Gasteiger partial charge >= 0.3 is 5.97 Å². The topological polar surface area (TPSA) is 283 Å². The maximum Gasteiger partial charge on any atom is 0.340 e. The second-order valence-electron chi connectivity index (χ2n) is 15.2. The Bertz CT molecular complexity index is 2830. The maximum absolute atomic E-state index is 13.7. The molecule has 2 atom stereocenters. The number of nitrogens with zero attached hydrogens (tertiary/aromatic N) is 3. The zero-order valence-corrected chi connectivity index (χ0v) is 38.6. The van der Waals surface area contributed by atoms with Gasteiger partial charge in [0.25, 0.3) is 11.8 Å². The molecule has 5 aromatic rings. The number of phenols is 2. The van der Waals surface area contributed by atoms with Crippen LogP contribution >= 0.6 is 35.3 Å². The van der Waals surface area contributed by atoms with Crippen molar-refractivity contribution in [3.8, 4) is 23.0 Å². The number of nitrogens with two attached hydrogens (primary N) is 1. The summed E-state index contributed by atoms with van der Waals surface area (Å²) in [5.74, 6) is -1.92. The predicted octanol–water partition coefficient (Wildman–Crippen LogP) is 3.04. The van der Waals surface area contributed by atoms with Gasteiger partial charge in [-0.25, -0.2) is 23.3 Å². The number of primary sulfonamides is 1. The van der Waals surface area contributed by atoms with Crippen LogP contribution in [0.25, 0.3) is 0 Å². The standard InChI is InChI=1S/C43H42N8O12S4/c1-65-36-21-45-20-32(50-36)37(54)48-24-17-33(51(22-24)39(56)27-8-15-66-41(27)67(44,58)59)38(55)46-9-11-60-13-14-61-12-10-47-42(64)49-23-2-5-29-28(16-23)40(57)63-43(29)30-6-3-25(52)18-34(30)62-35-19-26(53)4-7-31(35)43/h2-8,15-16,18-21,24,33,52-53H,9-14,17,22H2,1H3,(H,46,55)(H,48,54)(H2,44,58,59)(H2,47,49,64)/t24-,33+/m0/s1. The van der Waals surface area contributed by atoms with Crippen LogP contribution in [0.15, 0.2) is 87.7 Å². The summed E-state index contributed by atoms with van der Waals surface area (Å²) in [6.45, 7) is 1.14. The first-order valence-electron chi connectivity index (χ1n) is 20.4. The number of carbonyl (C=O) groups is 4. The number of rotatable bonds is 16. The summed E-state index contributed by atoms with van der Waals surface area (Å²) in [4.78, 5) is 63.2. The number of carbonyl (C=O) groups excluding carboxylic acids is 4. The summed E-state index contributed by atoms with van der Waals surface area (Å²) in [6.07, 6.45) is 4.65. The molecule has 20 nitrogen and oxygen atoms in total. The van der Waals surface area contributed by atoms with E-state index in [1.807, 2.05) is 0 Å². The average molecular weight is 991 g/mol. The molecule has 24 heteroatoms. The van der Waals surface area contributed by atoms with Crippen molar-refractivity contribution < 1.29 is 56.8 Å². The number of phenolic OH excluding ortho intramolecular Hbond substituents is 2. The lowest BCUT2D eigenvalue weighted by molar-refractivity contribution is -0.125. The zero-order chi connectivity index (χ0) is 47.5. The van der Waals surface area contributed by atoms with Crippen LogP contribution in [-0.2, 0) is 34.6 Å². The van der Waals surface area contributed by atoms with Crippen molar-refractivity contribution in [1.82, 2.24) is 30.8 Å². The number of aromatic hydroxyl groups is 2. The van der Waals surface area contributed by atoms with Crippen molar-refractivity contribution in [2.75, 3.05) is 57.6 Å². The number of thiophene rings is 1. The van der Waals surface area contributed by atoms with Crippen molar-refractivity contribution in [3.05, 3.63) is 112 Å². The highest BCUT2D eigenvalue weighted by Gasteiger charge is 2.54. The van der Waals surface area contributed by atoms with Gasteiger partial charge in [0.05, 0.1) is 49.9 Å². The molecule has 1 saturated heterocycles. The SMILES string of the molecule is CSc1cncc(C(=O)N[C@H]2C[C@H](C(=O)NCCOCCOCCNC(=S)Nc3ccc4c(c3)C(=O)OC43c4ccc(O)cc4Oc4cc(O)ccc43)N(C(=O)c3ccsc3S(N)(=O)=O)C2)n1. The third kappa shape index (κ3) is 10.00. The van der Waals surface area contributed by atoms with Gasteiger partial charge < -0.3 is 55.3 Å². The summed E-state index contributed by atoms with van der Waals surface area (Å²) < 4.78 is 47.5. The van der Waals surface area contributed by atoms with E-state index in [9.17, 15) is 37.8 Å². The molecular formula is C43H42N8O12S4. The number of hydrogen-bond acceptors (Lipinski definition) is 17. The summed E-state index contributed by atoms with van der Waals surface area (Å²) in [5.41, 5.74) is 0.888. The predicted molar refractivity (Wildman–Crippen MR) is 247 cm³/mol. The van der Waals surface area contributed by atoms with E-state index >= 15 is 0 Å². The van der Waals surface area contributed by atoms with Gasteiger partial charge in [-0.05, 0) is 72.7 Å². The smallest absolute Gasteiger partial charge is 0.340 e. The number of ether oxygens (including phenoxy) is 4. The molecule has 0 unspecified atom stereocenters. The third-order valence-electron chi connectivity index (χ3n) is 10.9. The second kappa shape index (κ2) is 19.8. The van der Waals surface area contributed by atoms with Gasteiger partial charge in [-0.15, -0.1) is 23.1 Å². The Morgan fingerprint density at radius 1 is 0.955 bits per heavy atom. The average Bonchev–Trinajstić information content (AvgIpc) is 4.04. The molecule has 350 valence electrons. The molecule has 67 heavy (non-hydrogen) atoms. The number of hydrogen-bond donors (Lipinski definition) is 7. The first kappa shape index (κ1) is 47.1. The summed E-state index contributed by atoms with van der Waals surface area (Å²) in [7, 11) is -4.23. The first-order chi connectivity index (χ1) is 32.2. The van der Waals surface area contributed by atoms with E-state index in [-0.39, 0.29) is 89.5 Å². The van der Waals surface area contributed by atoms with Crippen LogP contribution in [0.5, 0.6) is 23.0 Å². The Balaban J connectivity index is 0.779. The first-order valence-corrected chi connectivity index (χ1v) is 24.5. The van der Waals surface area contributed by atoms with Crippen LogP contribution in [0.1, 0.15) is 54.3 Å². The molecule has 8 rings (SSSR count). The highest BCUT2D eigenvalue weighted by Crippen LogP contribution is 2.57. The van der Waals surface area contributed by atoms with Crippen LogP contribution in [-0.4, -0.2) is 127 Å². The highest BCUT2D eigenvalue weighted by molar-refractivity contribution is 7.98. The maximum atomic E-state index is 13.7. The number of thiocarbonyl (C=S) groups is 1. The van der Waals surface area contributed by atoms with Gasteiger partial charge in [0.15, 0.2) is 10.7 Å². The minimum Gasteiger partial charge on any atom is -0.508 e. The third-order valence-corrected chi connectivity index (χ3v) is 14.1. The molecule has 2 aromatic heterocycles. The van der Waals surface area contributed by atoms with E-state index in [1.54, 1.807) is 36.6 Å². The summed E-state index contributed by atoms with van der Waals surface area (Å²) >= 11 is 7.57. The molecule has 3 amide bonds. The number of sulfonamides is 1. The molecule has 0 bridgehead atoms. The number of amides is 3. The Hall–Kier alpha value is -6.41. The van der Waals surface area contributed by atoms with Gasteiger partial charge in [0.2, 0.25) is 15.9 Å². The zero-order valence-electron chi connectivity index (χ0n) is 35.3. The molecule has 0 saturated carbocycles. The summed E-state index contributed by atoms with van der Waals surface area (Å²) in [6, 6.07) is 13.8. The van der Waals surface area contributed by atoms with Gasteiger partial charge in [0.1, 0.15) is 44.0 Å². The highest BCUT2D eigenvalue weighted by atomic mass is 32.2.